The number of aryl methyl sites for hydroxylation is 1. The molecule has 132 valence electrons. The van der Waals surface area contributed by atoms with Crippen LogP contribution in [0.4, 0.5) is 0 Å². The van der Waals surface area contributed by atoms with Gasteiger partial charge in [-0.05, 0) is 44.7 Å². The van der Waals surface area contributed by atoms with Crippen molar-refractivity contribution in [3.63, 3.8) is 0 Å². The number of thiophene rings is 1. The molecule has 0 saturated carbocycles. The van der Waals surface area contributed by atoms with Crippen LogP contribution in [0.1, 0.15) is 46.7 Å². The van der Waals surface area contributed by atoms with Gasteiger partial charge in [-0.1, -0.05) is 0 Å². The first-order chi connectivity index (χ1) is 11.5. The molecule has 2 aliphatic heterocycles. The fourth-order valence-electron chi connectivity index (χ4n) is 3.99. The third-order valence-corrected chi connectivity index (χ3v) is 6.22. The van der Waals surface area contributed by atoms with Crippen molar-refractivity contribution in [2.75, 3.05) is 32.8 Å². The van der Waals surface area contributed by atoms with E-state index in [1.54, 1.807) is 11.3 Å². The standard InChI is InChI=1S/C18H26N2O3S/c1-14-4-5-15(24-14)17(23)20-9-2-7-18(13-20)8-6-16(22)19(12-18)10-3-11-21/h4-5,21H,2-3,6-13H2,1H3/t18-/m0/s1. The number of aliphatic hydroxyl groups excluding tert-OH is 1. The predicted molar refractivity (Wildman–Crippen MR) is 94.1 cm³/mol. The third-order valence-electron chi connectivity index (χ3n) is 5.23. The molecule has 0 unspecified atom stereocenters. The highest BCUT2D eigenvalue weighted by molar-refractivity contribution is 7.13. The summed E-state index contributed by atoms with van der Waals surface area (Å²) < 4.78 is 0. The zero-order valence-corrected chi connectivity index (χ0v) is 15.1. The molecular weight excluding hydrogens is 324 g/mol. The van der Waals surface area contributed by atoms with E-state index in [1.165, 1.54) is 0 Å². The van der Waals surface area contributed by atoms with Crippen molar-refractivity contribution in [1.29, 1.82) is 0 Å². The zero-order valence-electron chi connectivity index (χ0n) is 14.3. The summed E-state index contributed by atoms with van der Waals surface area (Å²) in [7, 11) is 0. The van der Waals surface area contributed by atoms with Crippen molar-refractivity contribution in [3.8, 4) is 0 Å². The van der Waals surface area contributed by atoms with E-state index < -0.39 is 0 Å². The number of rotatable bonds is 4. The molecule has 24 heavy (non-hydrogen) atoms. The summed E-state index contributed by atoms with van der Waals surface area (Å²) in [5, 5.41) is 9.04. The summed E-state index contributed by atoms with van der Waals surface area (Å²) in [5.74, 6) is 0.317. The minimum atomic E-state index is 0.0313. The highest BCUT2D eigenvalue weighted by Gasteiger charge is 2.42. The quantitative estimate of drug-likeness (QED) is 0.906. The van der Waals surface area contributed by atoms with E-state index in [4.69, 9.17) is 5.11 Å². The third kappa shape index (κ3) is 3.64. The van der Waals surface area contributed by atoms with Crippen molar-refractivity contribution < 1.29 is 14.7 Å². The van der Waals surface area contributed by atoms with Crippen LogP contribution >= 0.6 is 11.3 Å². The Labute approximate surface area is 147 Å². The average Bonchev–Trinajstić information content (AvgIpc) is 3.02. The smallest absolute Gasteiger partial charge is 0.263 e. The van der Waals surface area contributed by atoms with Crippen molar-refractivity contribution in [2.24, 2.45) is 5.41 Å². The lowest BCUT2D eigenvalue weighted by molar-refractivity contribution is -0.139. The second-order valence-electron chi connectivity index (χ2n) is 7.13. The number of piperidine rings is 2. The number of carbonyl (C=O) groups excluding carboxylic acids is 2. The Morgan fingerprint density at radius 3 is 2.88 bits per heavy atom. The Balaban J connectivity index is 1.69. The van der Waals surface area contributed by atoms with Gasteiger partial charge in [0.25, 0.3) is 5.91 Å². The number of carbonyl (C=O) groups is 2. The van der Waals surface area contributed by atoms with Crippen LogP contribution in [0, 0.1) is 12.3 Å². The fourth-order valence-corrected chi connectivity index (χ4v) is 4.82. The Morgan fingerprint density at radius 2 is 2.17 bits per heavy atom. The molecule has 2 aliphatic rings. The maximum absolute atomic E-state index is 12.8. The maximum atomic E-state index is 12.8. The van der Waals surface area contributed by atoms with E-state index in [-0.39, 0.29) is 23.8 Å². The molecule has 0 aromatic carbocycles. The van der Waals surface area contributed by atoms with Crippen LogP contribution in [0.5, 0.6) is 0 Å². The number of hydrogen-bond donors (Lipinski definition) is 1. The first-order valence-corrected chi connectivity index (χ1v) is 9.59. The molecule has 1 atom stereocenters. The monoisotopic (exact) mass is 350 g/mol. The highest BCUT2D eigenvalue weighted by atomic mass is 32.1. The average molecular weight is 350 g/mol. The van der Waals surface area contributed by atoms with E-state index in [0.29, 0.717) is 19.4 Å². The Hall–Kier alpha value is -1.40. The van der Waals surface area contributed by atoms with E-state index in [2.05, 4.69) is 0 Å². The van der Waals surface area contributed by atoms with Crippen LogP contribution in [0.15, 0.2) is 12.1 Å². The highest BCUT2D eigenvalue weighted by Crippen LogP contribution is 2.39. The first kappa shape index (κ1) is 17.4. The summed E-state index contributed by atoms with van der Waals surface area (Å²) >= 11 is 1.55. The van der Waals surface area contributed by atoms with Crippen molar-refractivity contribution >= 4 is 23.2 Å². The molecule has 2 saturated heterocycles. The van der Waals surface area contributed by atoms with Crippen molar-refractivity contribution in [3.05, 3.63) is 21.9 Å². The van der Waals surface area contributed by atoms with Crippen LogP contribution < -0.4 is 0 Å². The lowest BCUT2D eigenvalue weighted by Gasteiger charge is -2.48. The Morgan fingerprint density at radius 1 is 1.33 bits per heavy atom. The van der Waals surface area contributed by atoms with Crippen LogP contribution in [0.25, 0.3) is 0 Å². The second kappa shape index (κ2) is 7.23. The number of hydrogen-bond acceptors (Lipinski definition) is 4. The van der Waals surface area contributed by atoms with Gasteiger partial charge in [0, 0.05) is 49.5 Å². The summed E-state index contributed by atoms with van der Waals surface area (Å²) in [4.78, 5) is 30.8. The van der Waals surface area contributed by atoms with Gasteiger partial charge in [0.15, 0.2) is 0 Å². The van der Waals surface area contributed by atoms with Gasteiger partial charge in [-0.3, -0.25) is 9.59 Å². The van der Waals surface area contributed by atoms with Crippen LogP contribution in [-0.4, -0.2) is 59.5 Å². The van der Waals surface area contributed by atoms with Gasteiger partial charge in [-0.15, -0.1) is 11.3 Å². The Bertz CT molecular complexity index is 615. The number of likely N-dealkylation sites (tertiary alicyclic amines) is 2. The van der Waals surface area contributed by atoms with Gasteiger partial charge in [-0.2, -0.15) is 0 Å². The molecule has 3 rings (SSSR count). The SMILES string of the molecule is Cc1ccc(C(=O)N2CCC[C@@]3(CCC(=O)N(CCCO)C3)C2)s1. The molecule has 2 fully saturated rings. The molecule has 1 aromatic rings. The van der Waals surface area contributed by atoms with Crippen molar-refractivity contribution in [2.45, 2.75) is 39.0 Å². The summed E-state index contributed by atoms with van der Waals surface area (Å²) in [6, 6.07) is 3.91. The predicted octanol–water partition coefficient (Wildman–Crippen LogP) is 2.28. The van der Waals surface area contributed by atoms with Gasteiger partial charge in [0.2, 0.25) is 5.91 Å². The van der Waals surface area contributed by atoms with Crippen molar-refractivity contribution in [1.82, 2.24) is 9.80 Å². The van der Waals surface area contributed by atoms with E-state index in [0.717, 1.165) is 48.7 Å². The largest absolute Gasteiger partial charge is 0.396 e. The number of nitrogens with zero attached hydrogens (tertiary/aromatic N) is 2. The molecule has 2 amide bonds. The molecule has 0 aliphatic carbocycles. The molecule has 1 spiro atoms. The van der Waals surface area contributed by atoms with Gasteiger partial charge >= 0.3 is 0 Å². The topological polar surface area (TPSA) is 60.9 Å². The van der Waals surface area contributed by atoms with E-state index in [1.807, 2.05) is 28.9 Å². The summed E-state index contributed by atoms with van der Waals surface area (Å²) in [6.45, 7) is 5.02. The van der Waals surface area contributed by atoms with Gasteiger partial charge in [0.05, 0.1) is 4.88 Å². The normalized spacial score (nSPS) is 24.7. The van der Waals surface area contributed by atoms with Gasteiger partial charge < -0.3 is 14.9 Å². The van der Waals surface area contributed by atoms with Gasteiger partial charge in [0.1, 0.15) is 0 Å². The van der Waals surface area contributed by atoms with E-state index in [9.17, 15) is 9.59 Å². The maximum Gasteiger partial charge on any atom is 0.263 e. The zero-order chi connectivity index (χ0) is 17.2. The summed E-state index contributed by atoms with van der Waals surface area (Å²) in [5.41, 5.74) is 0.0313. The molecule has 3 heterocycles. The van der Waals surface area contributed by atoms with Gasteiger partial charge in [-0.25, -0.2) is 0 Å². The first-order valence-electron chi connectivity index (χ1n) is 8.77. The molecule has 0 bridgehead atoms. The molecule has 5 nitrogen and oxygen atoms in total. The minimum Gasteiger partial charge on any atom is -0.396 e. The molecule has 1 aromatic heterocycles. The van der Waals surface area contributed by atoms with Crippen LogP contribution in [0.2, 0.25) is 0 Å². The lowest BCUT2D eigenvalue weighted by Crippen LogP contribution is -2.55. The molecule has 6 heteroatoms. The second-order valence-corrected chi connectivity index (χ2v) is 8.42. The fraction of sp³-hybridized carbons (Fsp3) is 0.667. The van der Waals surface area contributed by atoms with Crippen LogP contribution in [-0.2, 0) is 4.79 Å². The number of aliphatic hydroxyl groups is 1. The lowest BCUT2D eigenvalue weighted by atomic mass is 9.73. The minimum absolute atomic E-state index is 0.0313. The number of amides is 2. The van der Waals surface area contributed by atoms with E-state index >= 15 is 0 Å². The molecule has 0 radical (unpaired) electrons. The summed E-state index contributed by atoms with van der Waals surface area (Å²) in [6.07, 6.45) is 4.13. The Kier molecular flexibility index (Phi) is 5.25. The molecular formula is C18H26N2O3S. The van der Waals surface area contributed by atoms with Crippen LogP contribution in [0.3, 0.4) is 0 Å². The molecule has 1 N–H and O–H groups in total.